The fourth-order valence-corrected chi connectivity index (χ4v) is 1.70. The summed E-state index contributed by atoms with van der Waals surface area (Å²) >= 11 is 0. The van der Waals surface area contributed by atoms with E-state index in [-0.39, 0.29) is 30.4 Å². The number of aliphatic hydroxyl groups is 2. The van der Waals surface area contributed by atoms with Gasteiger partial charge in [0.1, 0.15) is 5.75 Å². The van der Waals surface area contributed by atoms with Crippen molar-refractivity contribution >= 4 is 0 Å². The molecule has 1 aromatic carbocycles. The van der Waals surface area contributed by atoms with Crippen LogP contribution in [0.25, 0.3) is 0 Å². The third kappa shape index (κ3) is 4.29. The van der Waals surface area contributed by atoms with Gasteiger partial charge in [-0.05, 0) is 38.5 Å². The molecule has 0 aliphatic carbocycles. The Morgan fingerprint density at radius 2 is 1.89 bits per heavy atom. The van der Waals surface area contributed by atoms with Crippen LogP contribution in [-0.4, -0.2) is 34.0 Å². The summed E-state index contributed by atoms with van der Waals surface area (Å²) in [5.41, 5.74) is 1.39. The van der Waals surface area contributed by atoms with Gasteiger partial charge < -0.3 is 20.6 Å². The third-order valence-corrected chi connectivity index (χ3v) is 2.84. The molecule has 4 N–H and O–H groups in total. The predicted molar refractivity (Wildman–Crippen MR) is 71.6 cm³/mol. The maximum absolute atomic E-state index is 9.51. The topological polar surface area (TPSA) is 72.7 Å². The maximum atomic E-state index is 9.51. The molecule has 1 atom stereocenters. The Balaban J connectivity index is 2.82. The molecule has 4 heteroatoms. The van der Waals surface area contributed by atoms with Crippen molar-refractivity contribution in [2.45, 2.75) is 38.8 Å². The van der Waals surface area contributed by atoms with Gasteiger partial charge in [-0.15, -0.1) is 0 Å². The highest BCUT2D eigenvalue weighted by atomic mass is 16.3. The monoisotopic (exact) mass is 253 g/mol. The molecule has 0 bridgehead atoms. The van der Waals surface area contributed by atoms with Crippen LogP contribution in [0.4, 0.5) is 0 Å². The van der Waals surface area contributed by atoms with Gasteiger partial charge in [-0.25, -0.2) is 0 Å². The van der Waals surface area contributed by atoms with E-state index in [0.29, 0.717) is 12.1 Å². The first kappa shape index (κ1) is 15.0. The number of hydrogen-bond acceptors (Lipinski definition) is 4. The first-order valence-corrected chi connectivity index (χ1v) is 6.16. The van der Waals surface area contributed by atoms with Crippen LogP contribution in [0.1, 0.15) is 37.8 Å². The molecule has 102 valence electrons. The van der Waals surface area contributed by atoms with Crippen LogP contribution in [0.5, 0.6) is 5.75 Å². The van der Waals surface area contributed by atoms with Gasteiger partial charge in [-0.1, -0.05) is 6.07 Å². The molecule has 1 unspecified atom stereocenters. The highest BCUT2D eigenvalue weighted by molar-refractivity contribution is 5.37. The van der Waals surface area contributed by atoms with E-state index in [1.54, 1.807) is 18.2 Å². The van der Waals surface area contributed by atoms with Crippen LogP contribution in [0.2, 0.25) is 0 Å². The van der Waals surface area contributed by atoms with Gasteiger partial charge in [0.05, 0.1) is 13.2 Å². The molecule has 0 fully saturated rings. The fourth-order valence-electron chi connectivity index (χ4n) is 1.70. The molecule has 0 amide bonds. The minimum Gasteiger partial charge on any atom is -0.508 e. The van der Waals surface area contributed by atoms with Crippen LogP contribution < -0.4 is 5.32 Å². The lowest BCUT2D eigenvalue weighted by molar-refractivity contribution is 0.251. The molecule has 1 aromatic rings. The molecule has 18 heavy (non-hydrogen) atoms. The molecule has 0 aliphatic heterocycles. The molecule has 0 aliphatic rings. The number of benzene rings is 1. The lowest BCUT2D eigenvalue weighted by Gasteiger charge is -2.25. The van der Waals surface area contributed by atoms with E-state index >= 15 is 0 Å². The molecular formula is C14H23NO3. The Hall–Kier alpha value is -1.10. The largest absolute Gasteiger partial charge is 0.508 e. The SMILES string of the molecule is CC(C)(C)NCC(CO)c1ccc(O)c(CO)c1. The van der Waals surface area contributed by atoms with Gasteiger partial charge in [0.2, 0.25) is 0 Å². The van der Waals surface area contributed by atoms with Crippen LogP contribution in [0, 0.1) is 0 Å². The Morgan fingerprint density at radius 1 is 1.22 bits per heavy atom. The average molecular weight is 253 g/mol. The van der Waals surface area contributed by atoms with Crippen molar-refractivity contribution in [2.75, 3.05) is 13.2 Å². The summed E-state index contributed by atoms with van der Waals surface area (Å²) < 4.78 is 0. The predicted octanol–water partition coefficient (Wildman–Crippen LogP) is 1.35. The summed E-state index contributed by atoms with van der Waals surface area (Å²) in [5.74, 6) is 0.0387. The number of aromatic hydroxyl groups is 1. The lowest BCUT2D eigenvalue weighted by Crippen LogP contribution is -2.39. The van der Waals surface area contributed by atoms with Gasteiger partial charge in [-0.3, -0.25) is 0 Å². The number of phenols is 1. The van der Waals surface area contributed by atoms with Gasteiger partial charge >= 0.3 is 0 Å². The van der Waals surface area contributed by atoms with Crippen LogP contribution in [0.3, 0.4) is 0 Å². The van der Waals surface area contributed by atoms with E-state index in [4.69, 9.17) is 5.11 Å². The molecule has 4 nitrogen and oxygen atoms in total. The zero-order chi connectivity index (χ0) is 13.8. The average Bonchev–Trinajstić information content (AvgIpc) is 2.30. The van der Waals surface area contributed by atoms with Crippen LogP contribution in [-0.2, 0) is 6.61 Å². The Labute approximate surface area is 108 Å². The minimum atomic E-state index is -0.204. The number of hydrogen-bond donors (Lipinski definition) is 4. The van der Waals surface area contributed by atoms with Gasteiger partial charge in [0, 0.05) is 23.6 Å². The third-order valence-electron chi connectivity index (χ3n) is 2.84. The summed E-state index contributed by atoms with van der Waals surface area (Å²) in [4.78, 5) is 0. The smallest absolute Gasteiger partial charge is 0.121 e. The zero-order valence-electron chi connectivity index (χ0n) is 11.3. The summed E-state index contributed by atoms with van der Waals surface area (Å²) in [6.45, 7) is 6.67. The summed E-state index contributed by atoms with van der Waals surface area (Å²) in [5, 5.41) is 31.4. The van der Waals surface area contributed by atoms with Crippen molar-refractivity contribution in [1.82, 2.24) is 5.32 Å². The first-order chi connectivity index (χ1) is 8.37. The summed E-state index contributed by atoms with van der Waals surface area (Å²) in [6.07, 6.45) is 0. The van der Waals surface area contributed by atoms with Crippen molar-refractivity contribution in [3.63, 3.8) is 0 Å². The number of aliphatic hydroxyl groups excluding tert-OH is 2. The summed E-state index contributed by atoms with van der Waals surface area (Å²) in [7, 11) is 0. The van der Waals surface area contributed by atoms with Gasteiger partial charge in [0.15, 0.2) is 0 Å². The van der Waals surface area contributed by atoms with E-state index in [1.165, 1.54) is 0 Å². The minimum absolute atomic E-state index is 0.00977. The number of nitrogens with one attached hydrogen (secondary N) is 1. The zero-order valence-corrected chi connectivity index (χ0v) is 11.3. The maximum Gasteiger partial charge on any atom is 0.121 e. The van der Waals surface area contributed by atoms with E-state index < -0.39 is 0 Å². The molecule has 0 saturated carbocycles. The van der Waals surface area contributed by atoms with Gasteiger partial charge in [-0.2, -0.15) is 0 Å². The van der Waals surface area contributed by atoms with Crippen molar-refractivity contribution in [2.24, 2.45) is 0 Å². The van der Waals surface area contributed by atoms with Crippen molar-refractivity contribution in [1.29, 1.82) is 0 Å². The normalized spacial score (nSPS) is 13.6. The highest BCUT2D eigenvalue weighted by Gasteiger charge is 2.16. The molecule has 0 radical (unpaired) electrons. The molecule has 0 aromatic heterocycles. The number of rotatable bonds is 5. The van der Waals surface area contributed by atoms with Crippen LogP contribution >= 0.6 is 0 Å². The second-order valence-corrected chi connectivity index (χ2v) is 5.56. The quantitative estimate of drug-likeness (QED) is 0.639. The Morgan fingerprint density at radius 3 is 2.39 bits per heavy atom. The van der Waals surface area contributed by atoms with Crippen molar-refractivity contribution in [3.8, 4) is 5.75 Å². The Kier molecular flexibility index (Phi) is 5.14. The van der Waals surface area contributed by atoms with Crippen molar-refractivity contribution in [3.05, 3.63) is 29.3 Å². The van der Waals surface area contributed by atoms with E-state index in [1.807, 2.05) is 0 Å². The molecule has 1 rings (SSSR count). The van der Waals surface area contributed by atoms with Gasteiger partial charge in [0.25, 0.3) is 0 Å². The van der Waals surface area contributed by atoms with E-state index in [2.05, 4.69) is 26.1 Å². The second-order valence-electron chi connectivity index (χ2n) is 5.56. The highest BCUT2D eigenvalue weighted by Crippen LogP contribution is 2.23. The summed E-state index contributed by atoms with van der Waals surface area (Å²) in [6, 6.07) is 5.07. The molecule has 0 saturated heterocycles. The molecule has 0 heterocycles. The lowest BCUT2D eigenvalue weighted by atomic mass is 9.96. The standard InChI is InChI=1S/C14H23NO3/c1-14(2,3)15-7-12(9-17)10-4-5-13(18)11(6-10)8-16/h4-6,12,15-18H,7-9H2,1-3H3. The second kappa shape index (κ2) is 6.18. The van der Waals surface area contributed by atoms with Crippen LogP contribution in [0.15, 0.2) is 18.2 Å². The van der Waals surface area contributed by atoms with Crippen molar-refractivity contribution < 1.29 is 15.3 Å². The fraction of sp³-hybridized carbons (Fsp3) is 0.571. The molecule has 0 spiro atoms. The van der Waals surface area contributed by atoms with E-state index in [0.717, 1.165) is 5.56 Å². The first-order valence-electron chi connectivity index (χ1n) is 6.16. The Bertz CT molecular complexity index is 385. The van der Waals surface area contributed by atoms with E-state index in [9.17, 15) is 10.2 Å². The molecular weight excluding hydrogens is 230 g/mol.